The number of aromatic nitrogens is 3. The zero-order chi connectivity index (χ0) is 23.1. The van der Waals surface area contributed by atoms with Gasteiger partial charge in [0.25, 0.3) is 0 Å². The lowest BCUT2D eigenvalue weighted by molar-refractivity contribution is -0.116. The largest absolute Gasteiger partial charge is 0.345 e. The van der Waals surface area contributed by atoms with Crippen LogP contribution in [0.5, 0.6) is 0 Å². The van der Waals surface area contributed by atoms with Crippen LogP contribution in [0.2, 0.25) is 15.1 Å². The van der Waals surface area contributed by atoms with Crippen LogP contribution in [0, 0.1) is 0 Å². The predicted molar refractivity (Wildman–Crippen MR) is 129 cm³/mol. The fourth-order valence-corrected chi connectivity index (χ4v) is 3.80. The second-order valence-electron chi connectivity index (χ2n) is 6.49. The summed E-state index contributed by atoms with van der Waals surface area (Å²) in [6.45, 7) is 0.181. The normalized spacial score (nSPS) is 11.0. The molecule has 1 heterocycles. The van der Waals surface area contributed by atoms with E-state index < -0.39 is 0 Å². The van der Waals surface area contributed by atoms with E-state index >= 15 is 0 Å². The maximum atomic E-state index is 12.2. The molecule has 166 valence electrons. The molecule has 2 amide bonds. The third kappa shape index (κ3) is 6.74. The Morgan fingerprint density at radius 2 is 1.88 bits per heavy atom. The van der Waals surface area contributed by atoms with E-state index in [1.165, 1.54) is 17.8 Å². The van der Waals surface area contributed by atoms with Crippen LogP contribution in [0.15, 0.2) is 53.7 Å². The smallest absolute Gasteiger partial charge is 0.244 e. The van der Waals surface area contributed by atoms with Crippen molar-refractivity contribution in [2.24, 2.45) is 7.05 Å². The Labute approximate surface area is 204 Å². The molecule has 32 heavy (non-hydrogen) atoms. The summed E-state index contributed by atoms with van der Waals surface area (Å²) in [4.78, 5) is 24.3. The molecule has 0 aliphatic carbocycles. The van der Waals surface area contributed by atoms with E-state index in [1.807, 2.05) is 18.2 Å². The molecule has 0 saturated heterocycles. The van der Waals surface area contributed by atoms with Crippen LogP contribution in [0.25, 0.3) is 6.08 Å². The lowest BCUT2D eigenvalue weighted by Crippen LogP contribution is -2.22. The topological polar surface area (TPSA) is 88.9 Å². The van der Waals surface area contributed by atoms with Crippen molar-refractivity contribution in [3.63, 3.8) is 0 Å². The number of hydrogen-bond acceptors (Lipinski definition) is 5. The minimum atomic E-state index is -0.292. The summed E-state index contributed by atoms with van der Waals surface area (Å²) < 4.78 is 1.71. The Morgan fingerprint density at radius 3 is 2.66 bits per heavy atom. The van der Waals surface area contributed by atoms with Crippen LogP contribution < -0.4 is 10.6 Å². The molecule has 0 aliphatic heterocycles. The average molecular weight is 511 g/mol. The lowest BCUT2D eigenvalue weighted by atomic mass is 10.2. The van der Waals surface area contributed by atoms with E-state index in [0.717, 1.165) is 5.56 Å². The molecule has 0 aliphatic rings. The molecule has 0 unspecified atom stereocenters. The number of carbonyl (C=O) groups is 2. The van der Waals surface area contributed by atoms with E-state index in [2.05, 4.69) is 20.8 Å². The SMILES string of the molecule is Cn1c(CNC(=O)/C=C/c2ccccc2Cl)nnc1SCC(=O)Nc1cc(Cl)ccc1Cl. The van der Waals surface area contributed by atoms with Crippen molar-refractivity contribution in [2.45, 2.75) is 11.7 Å². The molecular formula is C21H18Cl3N5O2S. The molecule has 3 rings (SSSR count). The molecule has 0 radical (unpaired) electrons. The Morgan fingerprint density at radius 1 is 1.09 bits per heavy atom. The number of halogens is 3. The summed E-state index contributed by atoms with van der Waals surface area (Å²) in [6.07, 6.45) is 3.04. The van der Waals surface area contributed by atoms with Crippen molar-refractivity contribution in [1.29, 1.82) is 0 Å². The maximum Gasteiger partial charge on any atom is 0.244 e. The molecule has 0 atom stereocenters. The van der Waals surface area contributed by atoms with Crippen molar-refractivity contribution >= 4 is 70.1 Å². The summed E-state index contributed by atoms with van der Waals surface area (Å²) in [7, 11) is 1.76. The van der Waals surface area contributed by atoms with Crippen LogP contribution in [0.4, 0.5) is 5.69 Å². The van der Waals surface area contributed by atoms with Gasteiger partial charge < -0.3 is 15.2 Å². The van der Waals surface area contributed by atoms with Gasteiger partial charge >= 0.3 is 0 Å². The third-order valence-corrected chi connectivity index (χ3v) is 6.13. The zero-order valence-corrected chi connectivity index (χ0v) is 19.9. The first-order valence-corrected chi connectivity index (χ1v) is 11.4. The van der Waals surface area contributed by atoms with E-state index in [9.17, 15) is 9.59 Å². The Bertz CT molecular complexity index is 1170. The van der Waals surface area contributed by atoms with Gasteiger partial charge in [0.1, 0.15) is 0 Å². The van der Waals surface area contributed by atoms with Crippen LogP contribution in [0.1, 0.15) is 11.4 Å². The van der Waals surface area contributed by atoms with Crippen molar-refractivity contribution in [3.8, 4) is 0 Å². The van der Waals surface area contributed by atoms with Crippen LogP contribution in [-0.2, 0) is 23.2 Å². The number of benzene rings is 2. The van der Waals surface area contributed by atoms with Crippen LogP contribution in [-0.4, -0.2) is 32.3 Å². The van der Waals surface area contributed by atoms with Crippen LogP contribution >= 0.6 is 46.6 Å². The highest BCUT2D eigenvalue weighted by Crippen LogP contribution is 2.26. The highest BCUT2D eigenvalue weighted by atomic mass is 35.5. The first-order chi connectivity index (χ1) is 15.3. The third-order valence-electron chi connectivity index (χ3n) is 4.20. The molecule has 2 aromatic carbocycles. The minimum Gasteiger partial charge on any atom is -0.345 e. The number of thioether (sulfide) groups is 1. The van der Waals surface area contributed by atoms with Gasteiger partial charge in [-0.3, -0.25) is 9.59 Å². The first-order valence-electron chi connectivity index (χ1n) is 9.30. The monoisotopic (exact) mass is 509 g/mol. The molecule has 0 fully saturated rings. The van der Waals surface area contributed by atoms with Gasteiger partial charge in [-0.15, -0.1) is 10.2 Å². The highest BCUT2D eigenvalue weighted by Gasteiger charge is 2.13. The Hall–Kier alpha value is -2.52. The predicted octanol–water partition coefficient (Wildman–Crippen LogP) is 4.84. The van der Waals surface area contributed by atoms with Gasteiger partial charge in [-0.05, 0) is 35.9 Å². The van der Waals surface area contributed by atoms with Crippen molar-refractivity contribution in [1.82, 2.24) is 20.1 Å². The van der Waals surface area contributed by atoms with Crippen molar-refractivity contribution < 1.29 is 9.59 Å². The summed E-state index contributed by atoms with van der Waals surface area (Å²) >= 11 is 19.3. The molecule has 2 N–H and O–H groups in total. The quantitative estimate of drug-likeness (QED) is 0.334. The van der Waals surface area contributed by atoms with Gasteiger partial charge in [-0.25, -0.2) is 0 Å². The summed E-state index contributed by atoms with van der Waals surface area (Å²) in [5.41, 5.74) is 1.19. The van der Waals surface area contributed by atoms with Gasteiger partial charge in [-0.1, -0.05) is 64.8 Å². The number of nitrogens with zero attached hydrogens (tertiary/aromatic N) is 3. The van der Waals surface area contributed by atoms with E-state index in [4.69, 9.17) is 34.8 Å². The number of anilines is 1. The summed E-state index contributed by atoms with van der Waals surface area (Å²) in [5.74, 6) is 0.0915. The van der Waals surface area contributed by atoms with Gasteiger partial charge in [0.15, 0.2) is 11.0 Å². The van der Waals surface area contributed by atoms with Gasteiger partial charge in [-0.2, -0.15) is 0 Å². The molecule has 7 nitrogen and oxygen atoms in total. The second kappa shape index (κ2) is 11.4. The molecule has 11 heteroatoms. The van der Waals surface area contributed by atoms with E-state index in [-0.39, 0.29) is 24.1 Å². The minimum absolute atomic E-state index is 0.0990. The number of carbonyl (C=O) groups excluding carboxylic acids is 2. The van der Waals surface area contributed by atoms with Crippen molar-refractivity contribution in [3.05, 3.63) is 75.0 Å². The second-order valence-corrected chi connectivity index (χ2v) is 8.68. The summed E-state index contributed by atoms with van der Waals surface area (Å²) in [5, 5.41) is 15.6. The lowest BCUT2D eigenvalue weighted by Gasteiger charge is -2.08. The highest BCUT2D eigenvalue weighted by molar-refractivity contribution is 7.99. The number of hydrogen-bond donors (Lipinski definition) is 2. The maximum absolute atomic E-state index is 12.2. The zero-order valence-electron chi connectivity index (χ0n) is 16.8. The molecule has 0 spiro atoms. The van der Waals surface area contributed by atoms with Crippen molar-refractivity contribution in [2.75, 3.05) is 11.1 Å². The average Bonchev–Trinajstić information content (AvgIpc) is 3.12. The van der Waals surface area contributed by atoms with E-state index in [1.54, 1.807) is 42.0 Å². The Kier molecular flexibility index (Phi) is 8.58. The molecular weight excluding hydrogens is 493 g/mol. The Balaban J connectivity index is 1.50. The molecule has 0 bridgehead atoms. The first kappa shape index (κ1) is 24.1. The van der Waals surface area contributed by atoms with Gasteiger partial charge in [0.2, 0.25) is 11.8 Å². The number of amides is 2. The van der Waals surface area contributed by atoms with Gasteiger partial charge in [0.05, 0.1) is 23.0 Å². The molecule has 1 aromatic heterocycles. The van der Waals surface area contributed by atoms with Gasteiger partial charge in [0, 0.05) is 23.2 Å². The summed E-state index contributed by atoms with van der Waals surface area (Å²) in [6, 6.07) is 12.1. The molecule has 3 aromatic rings. The fourth-order valence-electron chi connectivity index (χ4n) is 2.54. The van der Waals surface area contributed by atoms with Crippen LogP contribution in [0.3, 0.4) is 0 Å². The van der Waals surface area contributed by atoms with E-state index in [0.29, 0.717) is 31.7 Å². The standard InChI is InChI=1S/C21H18Cl3N5O2S/c1-29-18(11-25-19(30)9-6-13-4-2-3-5-15(13)23)27-28-21(29)32-12-20(31)26-17-10-14(22)7-8-16(17)24/h2-10H,11-12H2,1H3,(H,25,30)(H,26,31)/b9-6+. The number of rotatable bonds is 8. The number of nitrogens with one attached hydrogen (secondary N) is 2. The molecule has 0 saturated carbocycles. The fraction of sp³-hybridized carbons (Fsp3) is 0.143.